The van der Waals surface area contributed by atoms with Crippen molar-refractivity contribution in [1.82, 2.24) is 19.8 Å². The molecule has 9 nitrogen and oxygen atoms in total. The molecule has 0 aliphatic carbocycles. The molecule has 3 heterocycles. The number of nitrogens with one attached hydrogen (secondary N) is 2. The van der Waals surface area contributed by atoms with Crippen molar-refractivity contribution in [3.8, 4) is 22.8 Å². The Balaban J connectivity index is 1.21. The number of hydrogen-bond acceptors (Lipinski definition) is 7. The van der Waals surface area contributed by atoms with Crippen LogP contribution in [-0.4, -0.2) is 62.4 Å². The molecule has 5 rings (SSSR count). The van der Waals surface area contributed by atoms with Gasteiger partial charge in [0.25, 0.3) is 0 Å². The summed E-state index contributed by atoms with van der Waals surface area (Å²) in [7, 11) is -3.48. The maximum atomic E-state index is 12.8. The topological polar surface area (TPSA) is 106 Å². The summed E-state index contributed by atoms with van der Waals surface area (Å²) >= 11 is 0. The molecule has 0 atom stereocenters. The van der Waals surface area contributed by atoms with E-state index in [0.29, 0.717) is 57.5 Å². The van der Waals surface area contributed by atoms with Gasteiger partial charge in [0.2, 0.25) is 10.0 Å². The van der Waals surface area contributed by atoms with Crippen LogP contribution in [0.4, 0.5) is 0 Å². The van der Waals surface area contributed by atoms with Gasteiger partial charge in [-0.2, -0.15) is 9.40 Å². The highest BCUT2D eigenvalue weighted by molar-refractivity contribution is 7.89. The summed E-state index contributed by atoms with van der Waals surface area (Å²) in [6, 6.07) is 12.9. The minimum Gasteiger partial charge on any atom is -0.486 e. The molecule has 0 radical (unpaired) electrons. The molecule has 2 aliphatic rings. The third-order valence-corrected chi connectivity index (χ3v) is 7.64. The van der Waals surface area contributed by atoms with E-state index in [4.69, 9.17) is 14.2 Å². The number of benzene rings is 2. The van der Waals surface area contributed by atoms with Gasteiger partial charge in [0, 0.05) is 37.3 Å². The number of sulfonamides is 1. The van der Waals surface area contributed by atoms with E-state index in [0.717, 1.165) is 33.9 Å². The molecule has 1 saturated heterocycles. The average Bonchev–Trinajstić information content (AvgIpc) is 3.33. The molecule has 0 bridgehead atoms. The van der Waals surface area contributed by atoms with E-state index >= 15 is 0 Å². The lowest BCUT2D eigenvalue weighted by molar-refractivity contribution is 0.0730. The van der Waals surface area contributed by atoms with Gasteiger partial charge in [-0.25, -0.2) is 8.42 Å². The molecule has 1 fully saturated rings. The minimum atomic E-state index is -3.48. The van der Waals surface area contributed by atoms with E-state index in [9.17, 15) is 8.42 Å². The van der Waals surface area contributed by atoms with E-state index in [2.05, 4.69) is 15.5 Å². The number of fused-ring (bicyclic) bond motifs is 1. The molecule has 2 N–H and O–H groups in total. The second-order valence-corrected chi connectivity index (χ2v) is 9.83. The monoisotopic (exact) mass is 470 g/mol. The van der Waals surface area contributed by atoms with Crippen LogP contribution in [0.5, 0.6) is 11.5 Å². The number of hydrogen-bond donors (Lipinski definition) is 2. The maximum absolute atomic E-state index is 12.8. The lowest BCUT2D eigenvalue weighted by atomic mass is 10.1. The number of nitrogens with zero attached hydrogens (tertiary/aromatic N) is 2. The zero-order chi connectivity index (χ0) is 22.7. The van der Waals surface area contributed by atoms with E-state index in [-0.39, 0.29) is 0 Å². The molecule has 1 aromatic heterocycles. The van der Waals surface area contributed by atoms with Gasteiger partial charge in [-0.1, -0.05) is 12.1 Å². The number of aromatic amines is 1. The Morgan fingerprint density at radius 3 is 2.48 bits per heavy atom. The average molecular weight is 471 g/mol. The van der Waals surface area contributed by atoms with Crippen molar-refractivity contribution in [1.29, 1.82) is 0 Å². The first-order valence-electron chi connectivity index (χ1n) is 10.9. The Morgan fingerprint density at radius 2 is 1.70 bits per heavy atom. The molecule has 10 heteroatoms. The molecule has 0 saturated carbocycles. The number of H-pyrrole nitrogens is 1. The van der Waals surface area contributed by atoms with Gasteiger partial charge in [0.1, 0.15) is 13.2 Å². The van der Waals surface area contributed by atoms with Crippen LogP contribution in [0.1, 0.15) is 11.1 Å². The summed E-state index contributed by atoms with van der Waals surface area (Å²) in [5.41, 5.74) is 3.93. The number of aromatic nitrogens is 2. The van der Waals surface area contributed by atoms with Crippen molar-refractivity contribution >= 4 is 10.0 Å². The number of rotatable bonds is 7. The molecule has 2 aliphatic heterocycles. The van der Waals surface area contributed by atoms with Crippen LogP contribution in [0.15, 0.2) is 53.6 Å². The van der Waals surface area contributed by atoms with E-state index in [1.807, 2.05) is 30.3 Å². The van der Waals surface area contributed by atoms with Gasteiger partial charge in [-0.15, -0.1) is 0 Å². The number of morpholine rings is 1. The van der Waals surface area contributed by atoms with Crippen molar-refractivity contribution in [2.45, 2.75) is 18.0 Å². The highest BCUT2D eigenvalue weighted by Crippen LogP contribution is 2.34. The Bertz CT molecular complexity index is 1200. The minimum absolute atomic E-state index is 0.309. The van der Waals surface area contributed by atoms with E-state index < -0.39 is 10.0 Å². The summed E-state index contributed by atoms with van der Waals surface area (Å²) in [4.78, 5) is 0.309. The van der Waals surface area contributed by atoms with Crippen molar-refractivity contribution in [3.05, 3.63) is 59.8 Å². The summed E-state index contributed by atoms with van der Waals surface area (Å²) in [5.74, 6) is 1.49. The third-order valence-electron chi connectivity index (χ3n) is 5.72. The summed E-state index contributed by atoms with van der Waals surface area (Å²) < 4.78 is 43.5. The van der Waals surface area contributed by atoms with E-state index in [1.165, 1.54) is 4.31 Å². The first-order valence-corrected chi connectivity index (χ1v) is 12.3. The van der Waals surface area contributed by atoms with Crippen LogP contribution in [0.3, 0.4) is 0 Å². The van der Waals surface area contributed by atoms with Crippen LogP contribution in [0.2, 0.25) is 0 Å². The molecule has 0 spiro atoms. The molecular formula is C23H26N4O5S. The molecule has 0 unspecified atom stereocenters. The van der Waals surface area contributed by atoms with Crippen molar-refractivity contribution < 1.29 is 22.6 Å². The van der Waals surface area contributed by atoms with Crippen LogP contribution in [0, 0.1) is 0 Å². The second kappa shape index (κ2) is 9.52. The lowest BCUT2D eigenvalue weighted by Gasteiger charge is -2.26. The van der Waals surface area contributed by atoms with Gasteiger partial charge in [0.15, 0.2) is 11.5 Å². The first-order chi connectivity index (χ1) is 16.1. The van der Waals surface area contributed by atoms with Crippen LogP contribution < -0.4 is 14.8 Å². The number of ether oxygens (including phenoxy) is 3. The highest BCUT2D eigenvalue weighted by Gasteiger charge is 2.26. The van der Waals surface area contributed by atoms with Crippen molar-refractivity contribution in [2.24, 2.45) is 0 Å². The van der Waals surface area contributed by atoms with Crippen LogP contribution >= 0.6 is 0 Å². The predicted octanol–water partition coefficient (Wildman–Crippen LogP) is 2.16. The SMILES string of the molecule is O=S(=O)(c1ccc(CNCc2cn[nH]c2-c2ccc3c(c2)OCCO3)cc1)N1CCOCC1. The molecular weight excluding hydrogens is 444 g/mol. The molecule has 0 amide bonds. The third kappa shape index (κ3) is 4.74. The molecule has 2 aromatic carbocycles. The smallest absolute Gasteiger partial charge is 0.243 e. The molecule has 3 aromatic rings. The zero-order valence-corrected chi connectivity index (χ0v) is 18.9. The zero-order valence-electron chi connectivity index (χ0n) is 18.1. The molecule has 33 heavy (non-hydrogen) atoms. The normalized spacial score (nSPS) is 16.6. The van der Waals surface area contributed by atoms with Gasteiger partial charge in [0.05, 0.1) is 30.0 Å². The standard InChI is InChI=1S/C23H26N4O5S/c28-33(29,27-7-9-30-10-8-27)20-4-1-17(2-5-20)14-24-15-19-16-25-26-23(19)18-3-6-21-22(13-18)32-12-11-31-21/h1-6,13,16,24H,7-12,14-15H2,(H,25,26). The van der Waals surface area contributed by atoms with Gasteiger partial charge < -0.3 is 19.5 Å². The van der Waals surface area contributed by atoms with E-state index in [1.54, 1.807) is 18.3 Å². The Labute approximate surface area is 192 Å². The Hall–Kier alpha value is -2.92. The van der Waals surface area contributed by atoms with Gasteiger partial charge in [-0.3, -0.25) is 5.10 Å². The van der Waals surface area contributed by atoms with Gasteiger partial charge >= 0.3 is 0 Å². The highest BCUT2D eigenvalue weighted by atomic mass is 32.2. The Morgan fingerprint density at radius 1 is 0.939 bits per heavy atom. The van der Waals surface area contributed by atoms with Crippen molar-refractivity contribution in [2.75, 3.05) is 39.5 Å². The summed E-state index contributed by atoms with van der Waals surface area (Å²) in [6.07, 6.45) is 1.80. The first kappa shape index (κ1) is 21.9. The second-order valence-electron chi connectivity index (χ2n) is 7.89. The van der Waals surface area contributed by atoms with Crippen molar-refractivity contribution in [3.63, 3.8) is 0 Å². The predicted molar refractivity (Wildman–Crippen MR) is 122 cm³/mol. The van der Waals surface area contributed by atoms with Crippen LogP contribution in [0.25, 0.3) is 11.3 Å². The maximum Gasteiger partial charge on any atom is 0.243 e. The quantitative estimate of drug-likeness (QED) is 0.545. The fraction of sp³-hybridized carbons (Fsp3) is 0.348. The Kier molecular flexibility index (Phi) is 6.32. The molecule has 174 valence electrons. The summed E-state index contributed by atoms with van der Waals surface area (Å²) in [5, 5.41) is 10.7. The fourth-order valence-electron chi connectivity index (χ4n) is 3.95. The van der Waals surface area contributed by atoms with Gasteiger partial charge in [-0.05, 0) is 35.9 Å². The fourth-order valence-corrected chi connectivity index (χ4v) is 5.36. The van der Waals surface area contributed by atoms with Crippen LogP contribution in [-0.2, 0) is 27.8 Å². The summed E-state index contributed by atoms with van der Waals surface area (Å²) in [6.45, 7) is 3.96. The largest absolute Gasteiger partial charge is 0.486 e. The lowest BCUT2D eigenvalue weighted by Crippen LogP contribution is -2.40.